The Morgan fingerprint density at radius 3 is 2.05 bits per heavy atom. The summed E-state index contributed by atoms with van der Waals surface area (Å²) >= 11 is 2.22. The SMILES string of the molecule is COC(C)OC(=O)c1ccc2cc(OC(=O)c3ccc(OC(=O)/C(C)=C/c4ccc(I)cc4)cc3)ccc2c1. The second kappa shape index (κ2) is 12.7. The van der Waals surface area contributed by atoms with Crippen molar-refractivity contribution in [3.63, 3.8) is 0 Å². The number of esters is 3. The largest absolute Gasteiger partial charge is 0.432 e. The van der Waals surface area contributed by atoms with Crippen LogP contribution in [0.3, 0.4) is 0 Å². The second-order valence-corrected chi connectivity index (χ2v) is 9.86. The molecule has 0 aromatic heterocycles. The summed E-state index contributed by atoms with van der Waals surface area (Å²) in [6, 6.07) is 24.1. The summed E-state index contributed by atoms with van der Waals surface area (Å²) in [5.74, 6) is -0.872. The molecule has 0 radical (unpaired) electrons. The summed E-state index contributed by atoms with van der Waals surface area (Å²) in [5.41, 5.74) is 2.03. The standard InChI is InChI=1S/C31H25IO7/c1-19(16-21-4-11-26(32)12-5-21)29(33)38-27-13-8-22(9-14-27)30(34)39-28-15-10-23-17-25(7-6-24(23)18-28)31(35)37-20(2)36-3/h4-18,20H,1-3H3/b19-16+. The normalized spacial score (nSPS) is 12.1. The molecule has 1 atom stereocenters. The predicted molar refractivity (Wildman–Crippen MR) is 156 cm³/mol. The van der Waals surface area contributed by atoms with Gasteiger partial charge in [-0.1, -0.05) is 24.3 Å². The van der Waals surface area contributed by atoms with Crippen molar-refractivity contribution < 1.29 is 33.3 Å². The Kier molecular flexibility index (Phi) is 9.11. The lowest BCUT2D eigenvalue weighted by atomic mass is 10.1. The summed E-state index contributed by atoms with van der Waals surface area (Å²) in [7, 11) is 1.46. The van der Waals surface area contributed by atoms with Gasteiger partial charge in [-0.2, -0.15) is 0 Å². The number of rotatable bonds is 8. The van der Waals surface area contributed by atoms with E-state index in [2.05, 4.69) is 22.6 Å². The molecule has 0 aliphatic carbocycles. The highest BCUT2D eigenvalue weighted by Crippen LogP contribution is 2.24. The second-order valence-electron chi connectivity index (χ2n) is 8.61. The highest BCUT2D eigenvalue weighted by Gasteiger charge is 2.14. The Morgan fingerprint density at radius 2 is 1.36 bits per heavy atom. The quantitative estimate of drug-likeness (QED) is 0.0690. The molecule has 198 valence electrons. The van der Waals surface area contributed by atoms with Crippen molar-refractivity contribution in [3.05, 3.63) is 111 Å². The van der Waals surface area contributed by atoms with Crippen LogP contribution in [0.4, 0.5) is 0 Å². The van der Waals surface area contributed by atoms with Crippen molar-refractivity contribution in [1.29, 1.82) is 0 Å². The molecule has 0 bridgehead atoms. The number of halogens is 1. The molecular formula is C31H25IO7. The molecule has 8 heteroatoms. The van der Waals surface area contributed by atoms with Crippen LogP contribution in [0, 0.1) is 3.57 Å². The van der Waals surface area contributed by atoms with E-state index in [0.29, 0.717) is 28.2 Å². The number of ether oxygens (including phenoxy) is 4. The molecule has 0 heterocycles. The number of benzene rings is 4. The maximum Gasteiger partial charge on any atom is 0.343 e. The summed E-state index contributed by atoms with van der Waals surface area (Å²) in [6.07, 6.45) is 1.10. The molecular weight excluding hydrogens is 611 g/mol. The van der Waals surface area contributed by atoms with E-state index in [1.807, 2.05) is 24.3 Å². The third kappa shape index (κ3) is 7.52. The van der Waals surface area contributed by atoms with Crippen LogP contribution in [0.2, 0.25) is 0 Å². The minimum Gasteiger partial charge on any atom is -0.432 e. The predicted octanol–water partition coefficient (Wildman–Crippen LogP) is 6.82. The molecule has 4 aromatic rings. The summed E-state index contributed by atoms with van der Waals surface area (Å²) < 4.78 is 22.2. The molecule has 0 saturated heterocycles. The van der Waals surface area contributed by atoms with Gasteiger partial charge in [0.25, 0.3) is 0 Å². The van der Waals surface area contributed by atoms with E-state index in [-0.39, 0.29) is 0 Å². The summed E-state index contributed by atoms with van der Waals surface area (Å²) in [4.78, 5) is 37.4. The van der Waals surface area contributed by atoms with Crippen molar-refractivity contribution in [2.45, 2.75) is 20.1 Å². The Labute approximate surface area is 239 Å². The first-order valence-corrected chi connectivity index (χ1v) is 13.1. The number of hydrogen-bond donors (Lipinski definition) is 0. The van der Waals surface area contributed by atoms with E-state index in [4.69, 9.17) is 18.9 Å². The fourth-order valence-electron chi connectivity index (χ4n) is 3.56. The van der Waals surface area contributed by atoms with E-state index in [1.165, 1.54) is 31.4 Å². The fraction of sp³-hybridized carbons (Fsp3) is 0.129. The van der Waals surface area contributed by atoms with Crippen LogP contribution < -0.4 is 9.47 Å². The van der Waals surface area contributed by atoms with Gasteiger partial charge in [-0.3, -0.25) is 0 Å². The number of hydrogen-bond acceptors (Lipinski definition) is 7. The monoisotopic (exact) mass is 636 g/mol. The maximum atomic E-state index is 12.7. The van der Waals surface area contributed by atoms with Crippen molar-refractivity contribution in [2.75, 3.05) is 7.11 Å². The van der Waals surface area contributed by atoms with Gasteiger partial charge < -0.3 is 18.9 Å². The average molecular weight is 636 g/mol. The van der Waals surface area contributed by atoms with Crippen LogP contribution in [0.15, 0.2) is 90.5 Å². The Hall–Kier alpha value is -4.02. The average Bonchev–Trinajstić information content (AvgIpc) is 2.94. The molecule has 0 aliphatic rings. The van der Waals surface area contributed by atoms with Gasteiger partial charge in [0.1, 0.15) is 11.5 Å². The van der Waals surface area contributed by atoms with Gasteiger partial charge in [0, 0.05) is 16.3 Å². The number of carbonyl (C=O) groups excluding carboxylic acids is 3. The summed E-state index contributed by atoms with van der Waals surface area (Å²) in [6.45, 7) is 3.31. The zero-order chi connectivity index (χ0) is 27.9. The molecule has 0 spiro atoms. The Balaban J connectivity index is 1.38. The third-order valence-electron chi connectivity index (χ3n) is 5.74. The van der Waals surface area contributed by atoms with Gasteiger partial charge in [-0.05, 0) is 120 Å². The first-order chi connectivity index (χ1) is 18.7. The van der Waals surface area contributed by atoms with Gasteiger partial charge in [0.05, 0.1) is 11.1 Å². The molecule has 4 aromatic carbocycles. The highest BCUT2D eigenvalue weighted by atomic mass is 127. The van der Waals surface area contributed by atoms with Crippen LogP contribution in [0.25, 0.3) is 16.8 Å². The molecule has 0 amide bonds. The van der Waals surface area contributed by atoms with E-state index < -0.39 is 24.2 Å². The van der Waals surface area contributed by atoms with E-state index in [0.717, 1.165) is 19.9 Å². The van der Waals surface area contributed by atoms with Crippen molar-refractivity contribution in [3.8, 4) is 11.5 Å². The van der Waals surface area contributed by atoms with Crippen molar-refractivity contribution in [1.82, 2.24) is 0 Å². The molecule has 39 heavy (non-hydrogen) atoms. The van der Waals surface area contributed by atoms with Crippen LogP contribution in [-0.4, -0.2) is 31.3 Å². The molecule has 4 rings (SSSR count). The third-order valence-corrected chi connectivity index (χ3v) is 6.46. The molecule has 0 N–H and O–H groups in total. The molecule has 1 unspecified atom stereocenters. The molecule has 0 aliphatic heterocycles. The topological polar surface area (TPSA) is 88.1 Å². The van der Waals surface area contributed by atoms with Crippen LogP contribution >= 0.6 is 22.6 Å². The minimum absolute atomic E-state index is 0.298. The Bertz CT molecular complexity index is 1540. The van der Waals surface area contributed by atoms with Gasteiger partial charge >= 0.3 is 17.9 Å². The first-order valence-electron chi connectivity index (χ1n) is 12.0. The minimum atomic E-state index is -0.652. The first kappa shape index (κ1) is 28.0. The van der Waals surface area contributed by atoms with Crippen LogP contribution in [0.5, 0.6) is 11.5 Å². The maximum absolute atomic E-state index is 12.7. The van der Waals surface area contributed by atoms with Gasteiger partial charge in [-0.25, -0.2) is 14.4 Å². The highest BCUT2D eigenvalue weighted by molar-refractivity contribution is 14.1. The van der Waals surface area contributed by atoms with E-state index >= 15 is 0 Å². The molecule has 7 nitrogen and oxygen atoms in total. The van der Waals surface area contributed by atoms with Crippen LogP contribution in [0.1, 0.15) is 40.1 Å². The van der Waals surface area contributed by atoms with Crippen LogP contribution in [-0.2, 0) is 14.3 Å². The van der Waals surface area contributed by atoms with E-state index in [1.54, 1.807) is 56.3 Å². The zero-order valence-corrected chi connectivity index (χ0v) is 23.6. The summed E-state index contributed by atoms with van der Waals surface area (Å²) in [5, 5.41) is 1.57. The van der Waals surface area contributed by atoms with Gasteiger partial charge in [0.2, 0.25) is 0 Å². The lowest BCUT2D eigenvalue weighted by molar-refractivity contribution is -0.130. The Morgan fingerprint density at radius 1 is 0.744 bits per heavy atom. The number of methoxy groups -OCH3 is 1. The molecule has 0 fully saturated rings. The lowest BCUT2D eigenvalue weighted by Crippen LogP contribution is -2.16. The smallest absolute Gasteiger partial charge is 0.343 e. The zero-order valence-electron chi connectivity index (χ0n) is 21.5. The number of fused-ring (bicyclic) bond motifs is 1. The van der Waals surface area contributed by atoms with Gasteiger partial charge in [0.15, 0.2) is 6.29 Å². The van der Waals surface area contributed by atoms with Gasteiger partial charge in [-0.15, -0.1) is 0 Å². The van der Waals surface area contributed by atoms with Crippen molar-refractivity contribution >= 4 is 57.3 Å². The van der Waals surface area contributed by atoms with Crippen molar-refractivity contribution in [2.24, 2.45) is 0 Å². The van der Waals surface area contributed by atoms with E-state index in [9.17, 15) is 14.4 Å². The number of carbonyl (C=O) groups is 3. The fourth-order valence-corrected chi connectivity index (χ4v) is 3.92. The lowest BCUT2D eigenvalue weighted by Gasteiger charge is -2.11. The molecule has 0 saturated carbocycles.